The van der Waals surface area contributed by atoms with E-state index in [1.807, 2.05) is 6.92 Å². The number of nitrogens with zero attached hydrogens (tertiary/aromatic N) is 2. The maximum atomic E-state index is 12.9. The Morgan fingerprint density at radius 3 is 2.42 bits per heavy atom. The van der Waals surface area contributed by atoms with Crippen LogP contribution in [0.5, 0.6) is 0 Å². The zero-order chi connectivity index (χ0) is 26.8. The van der Waals surface area contributed by atoms with Gasteiger partial charge in [-0.25, -0.2) is 8.42 Å². The second kappa shape index (κ2) is 11.0. The number of anilines is 1. The van der Waals surface area contributed by atoms with E-state index in [9.17, 15) is 26.4 Å². The van der Waals surface area contributed by atoms with Crippen molar-refractivity contribution in [3.8, 4) is 11.3 Å². The minimum absolute atomic E-state index is 0.0747. The van der Waals surface area contributed by atoms with Crippen molar-refractivity contribution in [2.75, 3.05) is 18.1 Å². The Kier molecular flexibility index (Phi) is 8.65. The van der Waals surface area contributed by atoms with E-state index in [2.05, 4.69) is 15.7 Å². The van der Waals surface area contributed by atoms with Crippen LogP contribution in [0.3, 0.4) is 0 Å². The molecule has 7 nitrogen and oxygen atoms in total. The molecule has 12 heteroatoms. The highest BCUT2D eigenvalue weighted by Crippen LogP contribution is 2.35. The normalized spacial score (nSPS) is 19.7. The highest BCUT2D eigenvalue weighted by atomic mass is 35.5. The van der Waals surface area contributed by atoms with Crippen molar-refractivity contribution in [2.24, 2.45) is 5.92 Å². The van der Waals surface area contributed by atoms with Crippen molar-refractivity contribution in [3.05, 3.63) is 34.5 Å². The van der Waals surface area contributed by atoms with Crippen LogP contribution in [0, 0.1) is 12.8 Å². The summed E-state index contributed by atoms with van der Waals surface area (Å²) in [5.41, 5.74) is 2.26. The van der Waals surface area contributed by atoms with Crippen LogP contribution < -0.4 is 10.6 Å². The van der Waals surface area contributed by atoms with Gasteiger partial charge in [0.15, 0.2) is 5.69 Å². The van der Waals surface area contributed by atoms with E-state index in [0.29, 0.717) is 61.3 Å². The van der Waals surface area contributed by atoms with E-state index in [1.54, 1.807) is 29.8 Å². The number of nitrogens with one attached hydrogen (secondary N) is 2. The molecule has 36 heavy (non-hydrogen) atoms. The fraction of sp³-hybridized carbons (Fsp3) is 0.583. The van der Waals surface area contributed by atoms with Crippen molar-refractivity contribution in [3.63, 3.8) is 0 Å². The third kappa shape index (κ3) is 6.53. The molecule has 1 aliphatic rings. The molecule has 1 aromatic heterocycles. The van der Waals surface area contributed by atoms with Gasteiger partial charge in [-0.3, -0.25) is 9.48 Å². The first-order valence-corrected chi connectivity index (χ1v) is 14.2. The summed E-state index contributed by atoms with van der Waals surface area (Å²) in [6, 6.07) is 3.11. The zero-order valence-corrected chi connectivity index (χ0v) is 22.3. The third-order valence-electron chi connectivity index (χ3n) is 6.72. The van der Waals surface area contributed by atoms with E-state index in [1.165, 1.54) is 6.26 Å². The summed E-state index contributed by atoms with van der Waals surface area (Å²) in [6.45, 7) is 5.49. The molecule has 3 rings (SSSR count). The predicted octanol–water partition coefficient (Wildman–Crippen LogP) is 5.23. The number of hydrogen-bond donors (Lipinski definition) is 2. The van der Waals surface area contributed by atoms with Gasteiger partial charge < -0.3 is 10.6 Å². The number of hydrogen-bond acceptors (Lipinski definition) is 5. The molecule has 1 aromatic carbocycles. The van der Waals surface area contributed by atoms with Gasteiger partial charge in [0.1, 0.15) is 15.9 Å². The third-order valence-corrected chi connectivity index (χ3v) is 8.76. The topological polar surface area (TPSA) is 93.1 Å². The highest BCUT2D eigenvalue weighted by Gasteiger charge is 2.36. The number of carbonyl (C=O) groups excluding carboxylic acids is 1. The summed E-state index contributed by atoms with van der Waals surface area (Å²) in [7, 11) is -3.05. The molecule has 1 fully saturated rings. The summed E-state index contributed by atoms with van der Waals surface area (Å²) in [5, 5.41) is 9.56. The monoisotopic (exact) mass is 548 g/mol. The fourth-order valence-electron chi connectivity index (χ4n) is 4.51. The first-order valence-electron chi connectivity index (χ1n) is 11.9. The molecule has 0 unspecified atom stereocenters. The molecule has 1 saturated carbocycles. The molecular formula is C24H32ClF3N4O3S. The lowest BCUT2D eigenvalue weighted by molar-refractivity contribution is -0.138. The van der Waals surface area contributed by atoms with Crippen LogP contribution in [0.25, 0.3) is 11.3 Å². The van der Waals surface area contributed by atoms with Gasteiger partial charge >= 0.3 is 6.18 Å². The van der Waals surface area contributed by atoms with Crippen LogP contribution in [0.15, 0.2) is 18.2 Å². The van der Waals surface area contributed by atoms with Gasteiger partial charge in [0.05, 0.1) is 16.0 Å². The van der Waals surface area contributed by atoms with Crippen LogP contribution >= 0.6 is 11.6 Å². The Balaban J connectivity index is 1.74. The van der Waals surface area contributed by atoms with Gasteiger partial charge in [-0.15, -0.1) is 0 Å². The van der Waals surface area contributed by atoms with E-state index in [0.717, 1.165) is 6.92 Å². The lowest BCUT2D eigenvalue weighted by Gasteiger charge is -2.27. The number of halogens is 4. The van der Waals surface area contributed by atoms with E-state index < -0.39 is 28.0 Å². The molecule has 2 aromatic rings. The second-order valence-corrected chi connectivity index (χ2v) is 12.2. The Morgan fingerprint density at radius 1 is 1.25 bits per heavy atom. The van der Waals surface area contributed by atoms with E-state index in [4.69, 9.17) is 11.6 Å². The van der Waals surface area contributed by atoms with E-state index in [-0.39, 0.29) is 21.9 Å². The lowest BCUT2D eigenvalue weighted by Crippen LogP contribution is -2.34. The molecule has 0 radical (unpaired) electrons. The molecule has 0 spiro atoms. The molecule has 0 bridgehead atoms. The first kappa shape index (κ1) is 28.3. The van der Waals surface area contributed by atoms with Crippen LogP contribution in [0.1, 0.15) is 55.6 Å². The Labute approximate surface area is 214 Å². The summed E-state index contributed by atoms with van der Waals surface area (Å²) in [6.07, 6.45) is -0.509. The van der Waals surface area contributed by atoms with E-state index >= 15 is 0 Å². The van der Waals surface area contributed by atoms with Gasteiger partial charge in [0.25, 0.3) is 5.91 Å². The summed E-state index contributed by atoms with van der Waals surface area (Å²) < 4.78 is 63.8. The molecule has 1 heterocycles. The zero-order valence-electron chi connectivity index (χ0n) is 20.7. The molecule has 200 valence electrons. The minimum Gasteiger partial charge on any atom is -0.374 e. The summed E-state index contributed by atoms with van der Waals surface area (Å²) in [5.74, 6) is -0.242. The predicted molar refractivity (Wildman–Crippen MR) is 135 cm³/mol. The van der Waals surface area contributed by atoms with Crippen molar-refractivity contribution in [2.45, 2.75) is 70.5 Å². The molecule has 1 aliphatic carbocycles. The maximum absolute atomic E-state index is 12.9. The SMILES string of the molecule is CCn1nc(C(=O)NCC2CCC(S(C)(=O)=O)CC2)c(Cl)c1-c1ccc(N[C@H](C)C(F)(F)F)cc1C. The Bertz CT molecular complexity index is 1210. The van der Waals surface area contributed by atoms with Gasteiger partial charge in [0, 0.05) is 30.6 Å². The maximum Gasteiger partial charge on any atom is 0.408 e. The van der Waals surface area contributed by atoms with Gasteiger partial charge in [-0.2, -0.15) is 18.3 Å². The van der Waals surface area contributed by atoms with Crippen LogP contribution in [-0.2, 0) is 16.4 Å². The number of amides is 1. The van der Waals surface area contributed by atoms with Gasteiger partial charge in [-0.05, 0) is 70.1 Å². The number of sulfone groups is 1. The van der Waals surface area contributed by atoms with Crippen LogP contribution in [0.4, 0.5) is 18.9 Å². The number of aromatic nitrogens is 2. The van der Waals surface area contributed by atoms with Crippen molar-refractivity contribution >= 4 is 33.0 Å². The first-order chi connectivity index (χ1) is 16.7. The van der Waals surface area contributed by atoms with Crippen molar-refractivity contribution < 1.29 is 26.4 Å². The highest BCUT2D eigenvalue weighted by molar-refractivity contribution is 7.91. The minimum atomic E-state index is -4.37. The Hall–Kier alpha value is -2.27. The fourth-order valence-corrected chi connectivity index (χ4v) is 5.96. The molecule has 1 amide bonds. The molecule has 2 N–H and O–H groups in total. The average molecular weight is 549 g/mol. The standard InChI is InChI=1S/C24H32ClF3N4O3S/c1-5-32-22(19-11-8-17(12-14(19)2)30-15(3)24(26,27)28)20(25)21(31-32)23(33)29-13-16-6-9-18(10-7-16)36(4,34)35/h8,11-12,15-16,18,30H,5-7,9-10,13H2,1-4H3,(H,29,33)/t15-,16?,18?/m1/s1. The number of carbonyl (C=O) groups is 1. The van der Waals surface area contributed by atoms with Gasteiger partial charge in [-0.1, -0.05) is 17.7 Å². The number of benzene rings is 1. The summed E-state index contributed by atoms with van der Waals surface area (Å²) in [4.78, 5) is 12.9. The van der Waals surface area contributed by atoms with Crippen molar-refractivity contribution in [1.29, 1.82) is 0 Å². The smallest absolute Gasteiger partial charge is 0.374 e. The van der Waals surface area contributed by atoms with Crippen molar-refractivity contribution in [1.82, 2.24) is 15.1 Å². The number of alkyl halides is 3. The number of rotatable bonds is 8. The second-order valence-electron chi connectivity index (χ2n) is 9.45. The lowest BCUT2D eigenvalue weighted by atomic mass is 9.89. The molecule has 1 atom stereocenters. The summed E-state index contributed by atoms with van der Waals surface area (Å²) >= 11 is 6.61. The quantitative estimate of drug-likeness (QED) is 0.471. The molecule has 0 saturated heterocycles. The van der Waals surface area contributed by atoms with Crippen LogP contribution in [0.2, 0.25) is 5.02 Å². The number of aryl methyl sites for hydroxylation is 2. The average Bonchev–Trinajstić information content (AvgIpc) is 3.13. The van der Waals surface area contributed by atoms with Crippen LogP contribution in [-0.4, -0.2) is 54.4 Å². The largest absolute Gasteiger partial charge is 0.408 e. The molecular weight excluding hydrogens is 517 g/mol. The molecule has 0 aliphatic heterocycles. The Morgan fingerprint density at radius 2 is 1.89 bits per heavy atom. The van der Waals surface area contributed by atoms with Gasteiger partial charge in [0.2, 0.25) is 0 Å².